The van der Waals surface area contributed by atoms with E-state index in [0.717, 1.165) is 6.42 Å². The number of nitrogens with two attached hydrogens (primary N) is 1. The SMILES string of the molecule is CC(C)(C)CC(N)COc1cccc(O)c1. The van der Waals surface area contributed by atoms with Gasteiger partial charge in [-0.15, -0.1) is 0 Å². The first-order valence-electron chi connectivity index (χ1n) is 5.54. The van der Waals surface area contributed by atoms with Crippen LogP contribution in [0.25, 0.3) is 0 Å². The number of benzene rings is 1. The van der Waals surface area contributed by atoms with Gasteiger partial charge < -0.3 is 15.6 Å². The second-order valence-corrected chi connectivity index (χ2v) is 5.33. The van der Waals surface area contributed by atoms with Crippen LogP contribution in [0.5, 0.6) is 11.5 Å². The normalized spacial score (nSPS) is 13.5. The van der Waals surface area contributed by atoms with Crippen LogP contribution in [0.4, 0.5) is 0 Å². The molecule has 0 spiro atoms. The molecular formula is C13H21NO2. The molecule has 1 atom stereocenters. The van der Waals surface area contributed by atoms with Crippen LogP contribution in [0.1, 0.15) is 27.2 Å². The Morgan fingerprint density at radius 3 is 2.62 bits per heavy atom. The summed E-state index contributed by atoms with van der Waals surface area (Å²) in [6.07, 6.45) is 0.909. The van der Waals surface area contributed by atoms with Gasteiger partial charge in [-0.2, -0.15) is 0 Å². The number of phenolic OH excluding ortho intramolecular Hbond substituents is 1. The van der Waals surface area contributed by atoms with E-state index in [1.54, 1.807) is 18.2 Å². The van der Waals surface area contributed by atoms with E-state index in [2.05, 4.69) is 20.8 Å². The molecule has 16 heavy (non-hydrogen) atoms. The zero-order chi connectivity index (χ0) is 12.2. The zero-order valence-electron chi connectivity index (χ0n) is 10.2. The first-order valence-corrected chi connectivity index (χ1v) is 5.54. The lowest BCUT2D eigenvalue weighted by Gasteiger charge is -2.23. The molecule has 1 aromatic carbocycles. The maximum atomic E-state index is 9.25. The molecule has 0 aliphatic heterocycles. The maximum Gasteiger partial charge on any atom is 0.123 e. The van der Waals surface area contributed by atoms with Gasteiger partial charge >= 0.3 is 0 Å². The van der Waals surface area contributed by atoms with Crippen molar-refractivity contribution in [2.45, 2.75) is 33.2 Å². The van der Waals surface area contributed by atoms with Crippen molar-refractivity contribution in [1.82, 2.24) is 0 Å². The van der Waals surface area contributed by atoms with Crippen LogP contribution in [0.2, 0.25) is 0 Å². The molecule has 0 heterocycles. The monoisotopic (exact) mass is 223 g/mol. The Bertz CT molecular complexity index is 331. The topological polar surface area (TPSA) is 55.5 Å². The molecule has 90 valence electrons. The van der Waals surface area contributed by atoms with Crippen LogP contribution < -0.4 is 10.5 Å². The van der Waals surface area contributed by atoms with Gasteiger partial charge in [0.1, 0.15) is 18.1 Å². The van der Waals surface area contributed by atoms with Gasteiger partial charge in [-0.1, -0.05) is 26.8 Å². The van der Waals surface area contributed by atoms with E-state index >= 15 is 0 Å². The second-order valence-electron chi connectivity index (χ2n) is 5.33. The summed E-state index contributed by atoms with van der Waals surface area (Å²) in [5.41, 5.74) is 6.17. The minimum Gasteiger partial charge on any atom is -0.508 e. The molecule has 3 N–H and O–H groups in total. The summed E-state index contributed by atoms with van der Waals surface area (Å²) in [5, 5.41) is 9.25. The Balaban J connectivity index is 2.40. The van der Waals surface area contributed by atoms with Crippen molar-refractivity contribution in [3.8, 4) is 11.5 Å². The summed E-state index contributed by atoms with van der Waals surface area (Å²) < 4.78 is 5.51. The Labute approximate surface area is 97.2 Å². The van der Waals surface area contributed by atoms with Crippen LogP contribution >= 0.6 is 0 Å². The van der Waals surface area contributed by atoms with Crippen molar-refractivity contribution >= 4 is 0 Å². The fraction of sp³-hybridized carbons (Fsp3) is 0.538. The average molecular weight is 223 g/mol. The predicted molar refractivity (Wildman–Crippen MR) is 65.6 cm³/mol. The summed E-state index contributed by atoms with van der Waals surface area (Å²) in [7, 11) is 0. The second kappa shape index (κ2) is 5.21. The Hall–Kier alpha value is -1.22. The van der Waals surface area contributed by atoms with Crippen LogP contribution in [0, 0.1) is 5.41 Å². The van der Waals surface area contributed by atoms with Crippen molar-refractivity contribution in [2.24, 2.45) is 11.1 Å². The third-order valence-electron chi connectivity index (χ3n) is 2.16. The molecule has 3 nitrogen and oxygen atoms in total. The van der Waals surface area contributed by atoms with Crippen LogP contribution in [-0.4, -0.2) is 17.8 Å². The van der Waals surface area contributed by atoms with E-state index < -0.39 is 0 Å². The molecule has 0 bridgehead atoms. The lowest BCUT2D eigenvalue weighted by molar-refractivity contribution is 0.240. The van der Waals surface area contributed by atoms with E-state index in [1.165, 1.54) is 0 Å². The van der Waals surface area contributed by atoms with Crippen LogP contribution in [-0.2, 0) is 0 Å². The summed E-state index contributed by atoms with van der Waals surface area (Å²) >= 11 is 0. The van der Waals surface area contributed by atoms with Crippen LogP contribution in [0.3, 0.4) is 0 Å². The number of aromatic hydroxyl groups is 1. The van der Waals surface area contributed by atoms with Gasteiger partial charge in [-0.05, 0) is 24.0 Å². The highest BCUT2D eigenvalue weighted by Gasteiger charge is 2.15. The zero-order valence-corrected chi connectivity index (χ0v) is 10.2. The van der Waals surface area contributed by atoms with Crippen molar-refractivity contribution in [3.63, 3.8) is 0 Å². The summed E-state index contributed by atoms with van der Waals surface area (Å²) in [5.74, 6) is 0.867. The molecule has 0 radical (unpaired) electrons. The molecule has 0 saturated carbocycles. The van der Waals surface area contributed by atoms with Crippen molar-refractivity contribution in [3.05, 3.63) is 24.3 Å². The van der Waals surface area contributed by atoms with Gasteiger partial charge in [0, 0.05) is 12.1 Å². The number of phenols is 1. The summed E-state index contributed by atoms with van der Waals surface area (Å²) in [4.78, 5) is 0. The van der Waals surface area contributed by atoms with Gasteiger partial charge in [0.05, 0.1) is 0 Å². The minimum atomic E-state index is 0.0161. The fourth-order valence-electron chi connectivity index (χ4n) is 1.62. The van der Waals surface area contributed by atoms with E-state index in [0.29, 0.717) is 12.4 Å². The maximum absolute atomic E-state index is 9.25. The van der Waals surface area contributed by atoms with Crippen LogP contribution in [0.15, 0.2) is 24.3 Å². The summed E-state index contributed by atoms with van der Waals surface area (Å²) in [6.45, 7) is 6.93. The number of ether oxygens (including phenoxy) is 1. The first kappa shape index (κ1) is 12.8. The van der Waals surface area contributed by atoms with Gasteiger partial charge in [-0.3, -0.25) is 0 Å². The standard InChI is InChI=1S/C13H21NO2/c1-13(2,3)8-10(14)9-16-12-6-4-5-11(15)7-12/h4-7,10,15H,8-9,14H2,1-3H3. The molecule has 0 saturated heterocycles. The van der Waals surface area contributed by atoms with Crippen molar-refractivity contribution in [1.29, 1.82) is 0 Å². The molecule has 0 aromatic heterocycles. The lowest BCUT2D eigenvalue weighted by Crippen LogP contribution is -2.32. The first-order chi connectivity index (χ1) is 7.37. The number of hydrogen-bond acceptors (Lipinski definition) is 3. The molecule has 0 fully saturated rings. The third kappa shape index (κ3) is 5.03. The van der Waals surface area contributed by atoms with E-state index in [-0.39, 0.29) is 17.2 Å². The van der Waals surface area contributed by atoms with Gasteiger partial charge in [-0.25, -0.2) is 0 Å². The van der Waals surface area contributed by atoms with Crippen molar-refractivity contribution in [2.75, 3.05) is 6.61 Å². The van der Waals surface area contributed by atoms with Crippen molar-refractivity contribution < 1.29 is 9.84 Å². The highest BCUT2D eigenvalue weighted by molar-refractivity contribution is 5.31. The number of rotatable bonds is 4. The van der Waals surface area contributed by atoms with E-state index in [1.807, 2.05) is 6.07 Å². The van der Waals surface area contributed by atoms with Gasteiger partial charge in [0.2, 0.25) is 0 Å². The molecule has 0 aliphatic carbocycles. The summed E-state index contributed by atoms with van der Waals surface area (Å²) in [6, 6.07) is 6.78. The number of hydrogen-bond donors (Lipinski definition) is 2. The van der Waals surface area contributed by atoms with Gasteiger partial charge in [0.15, 0.2) is 0 Å². The average Bonchev–Trinajstić information content (AvgIpc) is 2.12. The molecule has 0 aliphatic rings. The minimum absolute atomic E-state index is 0.0161. The predicted octanol–water partition coefficient (Wildman–Crippen LogP) is 2.53. The molecule has 1 rings (SSSR count). The Kier molecular flexibility index (Phi) is 4.19. The van der Waals surface area contributed by atoms with E-state index in [9.17, 15) is 5.11 Å². The molecule has 1 unspecified atom stereocenters. The molecule has 3 heteroatoms. The van der Waals surface area contributed by atoms with E-state index in [4.69, 9.17) is 10.5 Å². The Morgan fingerprint density at radius 2 is 2.06 bits per heavy atom. The highest BCUT2D eigenvalue weighted by atomic mass is 16.5. The quantitative estimate of drug-likeness (QED) is 0.824. The molecule has 0 amide bonds. The third-order valence-corrected chi connectivity index (χ3v) is 2.16. The molecular weight excluding hydrogens is 202 g/mol. The largest absolute Gasteiger partial charge is 0.508 e. The Morgan fingerprint density at radius 1 is 1.38 bits per heavy atom. The highest BCUT2D eigenvalue weighted by Crippen LogP contribution is 2.21. The lowest BCUT2D eigenvalue weighted by atomic mass is 9.89. The van der Waals surface area contributed by atoms with Gasteiger partial charge in [0.25, 0.3) is 0 Å². The fourth-order valence-corrected chi connectivity index (χ4v) is 1.62. The molecule has 1 aromatic rings. The smallest absolute Gasteiger partial charge is 0.123 e.